The van der Waals surface area contributed by atoms with Crippen LogP contribution in [0.5, 0.6) is 0 Å². The van der Waals surface area contributed by atoms with Crippen molar-refractivity contribution in [2.45, 2.75) is 32.9 Å². The highest BCUT2D eigenvalue weighted by Crippen LogP contribution is 2.42. The van der Waals surface area contributed by atoms with Gasteiger partial charge in [0.15, 0.2) is 5.69 Å². The molecule has 1 aromatic heterocycles. The van der Waals surface area contributed by atoms with Gasteiger partial charge in [-0.2, -0.15) is 24.9 Å². The number of thioether (sulfide) groups is 2. The van der Waals surface area contributed by atoms with Crippen molar-refractivity contribution in [1.29, 1.82) is 0 Å². The first-order chi connectivity index (χ1) is 13.1. The topological polar surface area (TPSA) is 51.5 Å². The fourth-order valence-corrected chi connectivity index (χ4v) is 4.83. The van der Waals surface area contributed by atoms with E-state index in [1.807, 2.05) is 0 Å². The van der Waals surface area contributed by atoms with Crippen LogP contribution in [0.25, 0.3) is 0 Å². The predicted octanol–water partition coefficient (Wildman–Crippen LogP) is 5.53. The molecule has 0 N–H and O–H groups in total. The second-order valence-electron chi connectivity index (χ2n) is 6.34. The van der Waals surface area contributed by atoms with Gasteiger partial charge in [0, 0.05) is 17.3 Å². The number of carbonyl (C=O) groups is 1. The van der Waals surface area contributed by atoms with Crippen LogP contribution >= 0.6 is 23.5 Å². The summed E-state index contributed by atoms with van der Waals surface area (Å²) in [5.74, 6) is 0.554. The first-order valence-electron chi connectivity index (χ1n) is 8.34. The summed E-state index contributed by atoms with van der Waals surface area (Å²) in [7, 11) is 0.980. The van der Waals surface area contributed by atoms with Gasteiger partial charge in [0.1, 0.15) is 5.69 Å². The maximum atomic E-state index is 13.7. The Morgan fingerprint density at radius 1 is 1.29 bits per heavy atom. The highest BCUT2D eigenvalue weighted by atomic mass is 32.2. The van der Waals surface area contributed by atoms with Crippen LogP contribution in [-0.4, -0.2) is 40.4 Å². The summed E-state index contributed by atoms with van der Waals surface area (Å²) in [6, 6.07) is 0. The van der Waals surface area contributed by atoms with Crippen molar-refractivity contribution >= 4 is 40.2 Å². The summed E-state index contributed by atoms with van der Waals surface area (Å²) >= 11 is 2.82. The van der Waals surface area contributed by atoms with E-state index < -0.39 is 41.2 Å². The highest BCUT2D eigenvalue weighted by Gasteiger charge is 2.41. The number of methoxy groups -OCH3 is 1. The van der Waals surface area contributed by atoms with Crippen molar-refractivity contribution in [2.75, 3.05) is 24.4 Å². The lowest BCUT2D eigenvalue weighted by Crippen LogP contribution is -2.20. The smallest absolute Gasteiger partial charge is 0.435 e. The number of halogens is 5. The number of rotatable bonds is 5. The number of pyridine rings is 1. The van der Waals surface area contributed by atoms with E-state index in [9.17, 15) is 26.7 Å². The lowest BCUT2D eigenvalue weighted by Gasteiger charge is -2.21. The second-order valence-corrected chi connectivity index (χ2v) is 8.62. The first kappa shape index (κ1) is 22.9. The van der Waals surface area contributed by atoms with Crippen LogP contribution in [0.1, 0.15) is 47.6 Å². The minimum Gasteiger partial charge on any atom is -0.465 e. The Balaban J connectivity index is 2.88. The molecule has 11 heteroatoms. The molecule has 2 heterocycles. The molecule has 0 unspecified atom stereocenters. The van der Waals surface area contributed by atoms with Gasteiger partial charge in [0.25, 0.3) is 6.43 Å². The van der Waals surface area contributed by atoms with Crippen molar-refractivity contribution in [3.8, 4) is 0 Å². The molecule has 0 saturated carbocycles. The van der Waals surface area contributed by atoms with Crippen LogP contribution in [-0.2, 0) is 17.3 Å². The predicted molar refractivity (Wildman–Crippen MR) is 101 cm³/mol. The van der Waals surface area contributed by atoms with Gasteiger partial charge in [0.2, 0.25) is 0 Å². The summed E-state index contributed by atoms with van der Waals surface area (Å²) in [6.45, 7) is 3.41. The fourth-order valence-electron chi connectivity index (χ4n) is 2.67. The molecule has 1 fully saturated rings. The Kier molecular flexibility index (Phi) is 7.72. The van der Waals surface area contributed by atoms with E-state index in [4.69, 9.17) is 0 Å². The summed E-state index contributed by atoms with van der Waals surface area (Å²) in [4.78, 5) is 19.5. The number of alkyl halides is 5. The summed E-state index contributed by atoms with van der Waals surface area (Å²) in [6.07, 6.45) is -8.43. The van der Waals surface area contributed by atoms with Gasteiger partial charge in [-0.1, -0.05) is 13.8 Å². The van der Waals surface area contributed by atoms with E-state index in [0.717, 1.165) is 12.9 Å². The van der Waals surface area contributed by atoms with E-state index in [1.165, 1.54) is 23.5 Å². The van der Waals surface area contributed by atoms with Crippen molar-refractivity contribution in [3.05, 3.63) is 22.5 Å². The number of aromatic nitrogens is 1. The van der Waals surface area contributed by atoms with Crippen molar-refractivity contribution in [1.82, 2.24) is 4.98 Å². The normalized spacial score (nSPS) is 16.9. The van der Waals surface area contributed by atoms with Gasteiger partial charge in [-0.15, -0.1) is 11.8 Å². The van der Waals surface area contributed by atoms with Crippen LogP contribution in [0.15, 0.2) is 4.99 Å². The van der Waals surface area contributed by atoms with Gasteiger partial charge in [-0.05, 0) is 17.9 Å². The van der Waals surface area contributed by atoms with E-state index in [-0.39, 0.29) is 17.9 Å². The molecule has 0 bridgehead atoms. The Bertz CT molecular complexity index is 759. The first-order valence-corrected chi connectivity index (χ1v) is 10.5. The van der Waals surface area contributed by atoms with Crippen LogP contribution in [0.4, 0.5) is 27.6 Å². The molecule has 0 radical (unpaired) electrons. The lowest BCUT2D eigenvalue weighted by atomic mass is 9.94. The quantitative estimate of drug-likeness (QED) is 0.443. The number of ether oxygens (including phenoxy) is 1. The number of hydrogen-bond donors (Lipinski definition) is 0. The van der Waals surface area contributed by atoms with Gasteiger partial charge in [0.05, 0.1) is 23.4 Å². The van der Waals surface area contributed by atoms with E-state index in [2.05, 4.69) is 14.7 Å². The summed E-state index contributed by atoms with van der Waals surface area (Å²) < 4.78 is 72.6. The molecular weight excluding hydrogens is 423 g/mol. The maximum absolute atomic E-state index is 13.7. The van der Waals surface area contributed by atoms with Crippen molar-refractivity contribution < 1.29 is 31.5 Å². The molecule has 0 aromatic carbocycles. The van der Waals surface area contributed by atoms with E-state index in [0.29, 0.717) is 16.5 Å². The standard InChI is InChI=1S/C17H19F5N2O2S2/c1-8(2)6-9-11(16(25)26-3)13(15(18)19)24-14(17(20,21)22)12(9)23-10-7-27-4-5-28-10/h8,15H,4-7H2,1-3H3. The molecule has 1 aromatic rings. The third kappa shape index (κ3) is 5.37. The zero-order chi connectivity index (χ0) is 21.1. The molecule has 0 atom stereocenters. The fraction of sp³-hybridized carbons (Fsp3) is 0.588. The lowest BCUT2D eigenvalue weighted by molar-refractivity contribution is -0.140. The molecule has 1 aliphatic heterocycles. The molecule has 0 amide bonds. The Morgan fingerprint density at radius 2 is 1.96 bits per heavy atom. The van der Waals surface area contributed by atoms with Crippen LogP contribution < -0.4 is 0 Å². The number of nitrogens with zero attached hydrogens (tertiary/aromatic N) is 2. The molecule has 0 aliphatic carbocycles. The third-order valence-corrected chi connectivity index (χ3v) is 6.12. The number of carbonyl (C=O) groups excluding carboxylic acids is 1. The highest BCUT2D eigenvalue weighted by molar-refractivity contribution is 8.18. The molecule has 156 valence electrons. The Labute approximate surface area is 167 Å². The molecular formula is C17H19F5N2O2S2. The average molecular weight is 442 g/mol. The zero-order valence-corrected chi connectivity index (χ0v) is 17.0. The monoisotopic (exact) mass is 442 g/mol. The van der Waals surface area contributed by atoms with E-state index >= 15 is 0 Å². The molecule has 2 rings (SSSR count). The molecule has 4 nitrogen and oxygen atoms in total. The number of hydrogen-bond acceptors (Lipinski definition) is 6. The van der Waals surface area contributed by atoms with Gasteiger partial charge < -0.3 is 4.74 Å². The van der Waals surface area contributed by atoms with Gasteiger partial charge >= 0.3 is 12.1 Å². The largest absolute Gasteiger partial charge is 0.465 e. The van der Waals surface area contributed by atoms with Crippen molar-refractivity contribution in [3.63, 3.8) is 0 Å². The Morgan fingerprint density at radius 3 is 2.43 bits per heavy atom. The van der Waals surface area contributed by atoms with Gasteiger partial charge in [-0.25, -0.2) is 23.6 Å². The third-order valence-electron chi connectivity index (χ3n) is 3.74. The van der Waals surface area contributed by atoms with Crippen LogP contribution in [0.3, 0.4) is 0 Å². The molecule has 1 saturated heterocycles. The minimum atomic E-state index is -5.00. The Hall–Kier alpha value is -1.36. The van der Waals surface area contributed by atoms with Crippen LogP contribution in [0, 0.1) is 5.92 Å². The molecule has 28 heavy (non-hydrogen) atoms. The number of aliphatic imine (C=N–C) groups is 1. The van der Waals surface area contributed by atoms with Crippen molar-refractivity contribution in [2.24, 2.45) is 10.9 Å². The molecule has 1 aliphatic rings. The minimum absolute atomic E-state index is 0.0559. The second kappa shape index (κ2) is 9.43. The van der Waals surface area contributed by atoms with Gasteiger partial charge in [-0.3, -0.25) is 0 Å². The SMILES string of the molecule is COC(=O)c1c(C(F)F)nc(C(F)(F)F)c(N=C2CSCCS2)c1CC(C)C. The summed E-state index contributed by atoms with van der Waals surface area (Å²) in [5.41, 5.74) is -4.15. The average Bonchev–Trinajstić information content (AvgIpc) is 2.61. The molecule has 0 spiro atoms. The van der Waals surface area contributed by atoms with E-state index in [1.54, 1.807) is 13.8 Å². The van der Waals surface area contributed by atoms with Crippen LogP contribution in [0.2, 0.25) is 0 Å². The number of esters is 1. The summed E-state index contributed by atoms with van der Waals surface area (Å²) in [5, 5.41) is 0.439. The zero-order valence-electron chi connectivity index (χ0n) is 15.4. The maximum Gasteiger partial charge on any atom is 0.435 e.